The summed E-state index contributed by atoms with van der Waals surface area (Å²) >= 11 is 0. The quantitative estimate of drug-likeness (QED) is 0.709. The summed E-state index contributed by atoms with van der Waals surface area (Å²) in [5.74, 6) is 0. The molecule has 0 aliphatic heterocycles. The SMILES string of the molecule is CCCc1ccc(C(O)C(C)NC(C)(C)CO)cc1. The minimum Gasteiger partial charge on any atom is -0.394 e. The largest absolute Gasteiger partial charge is 0.394 e. The summed E-state index contributed by atoms with van der Waals surface area (Å²) < 4.78 is 0. The average Bonchev–Trinajstić information content (AvgIpc) is 2.38. The third-order valence-corrected chi connectivity index (χ3v) is 3.35. The summed E-state index contributed by atoms with van der Waals surface area (Å²) in [5, 5.41) is 22.8. The molecular weight excluding hydrogens is 238 g/mol. The van der Waals surface area contributed by atoms with Gasteiger partial charge in [0.15, 0.2) is 0 Å². The fraction of sp³-hybridized carbons (Fsp3) is 0.625. The van der Waals surface area contributed by atoms with Gasteiger partial charge in [-0.2, -0.15) is 0 Å². The van der Waals surface area contributed by atoms with Crippen molar-refractivity contribution >= 4 is 0 Å². The molecule has 0 fully saturated rings. The van der Waals surface area contributed by atoms with Crippen molar-refractivity contribution in [3.8, 4) is 0 Å². The van der Waals surface area contributed by atoms with Gasteiger partial charge in [-0.15, -0.1) is 0 Å². The second-order valence-corrected chi connectivity index (χ2v) is 5.91. The molecule has 0 aliphatic rings. The van der Waals surface area contributed by atoms with Crippen LogP contribution in [0.1, 0.15) is 51.3 Å². The highest BCUT2D eigenvalue weighted by molar-refractivity contribution is 5.25. The van der Waals surface area contributed by atoms with Gasteiger partial charge in [0.05, 0.1) is 12.7 Å². The molecule has 108 valence electrons. The third-order valence-electron chi connectivity index (χ3n) is 3.35. The fourth-order valence-electron chi connectivity index (χ4n) is 2.20. The van der Waals surface area contributed by atoms with E-state index in [0.29, 0.717) is 0 Å². The zero-order valence-corrected chi connectivity index (χ0v) is 12.5. The van der Waals surface area contributed by atoms with E-state index in [1.54, 1.807) is 0 Å². The van der Waals surface area contributed by atoms with Crippen molar-refractivity contribution in [2.75, 3.05) is 6.61 Å². The van der Waals surface area contributed by atoms with Crippen molar-refractivity contribution in [1.82, 2.24) is 5.32 Å². The van der Waals surface area contributed by atoms with E-state index in [4.69, 9.17) is 0 Å². The lowest BCUT2D eigenvalue weighted by Gasteiger charge is -2.31. The molecule has 0 radical (unpaired) electrons. The molecule has 3 nitrogen and oxygen atoms in total. The highest BCUT2D eigenvalue weighted by atomic mass is 16.3. The number of nitrogens with one attached hydrogen (secondary N) is 1. The van der Waals surface area contributed by atoms with Crippen molar-refractivity contribution in [2.45, 2.75) is 58.2 Å². The van der Waals surface area contributed by atoms with Crippen molar-refractivity contribution in [3.63, 3.8) is 0 Å². The maximum Gasteiger partial charge on any atom is 0.0940 e. The van der Waals surface area contributed by atoms with Crippen LogP contribution in [0.4, 0.5) is 0 Å². The van der Waals surface area contributed by atoms with Crippen LogP contribution < -0.4 is 5.32 Å². The zero-order valence-electron chi connectivity index (χ0n) is 12.5. The van der Waals surface area contributed by atoms with Crippen LogP contribution in [0.5, 0.6) is 0 Å². The molecule has 1 aromatic carbocycles. The van der Waals surface area contributed by atoms with Gasteiger partial charge in [-0.3, -0.25) is 0 Å². The Labute approximate surface area is 116 Å². The van der Waals surface area contributed by atoms with Crippen LogP contribution >= 0.6 is 0 Å². The van der Waals surface area contributed by atoms with Gasteiger partial charge in [-0.25, -0.2) is 0 Å². The summed E-state index contributed by atoms with van der Waals surface area (Å²) in [7, 11) is 0. The van der Waals surface area contributed by atoms with Crippen molar-refractivity contribution in [1.29, 1.82) is 0 Å². The maximum absolute atomic E-state index is 10.3. The highest BCUT2D eigenvalue weighted by Gasteiger charge is 2.24. The summed E-state index contributed by atoms with van der Waals surface area (Å²) in [5.41, 5.74) is 1.83. The maximum atomic E-state index is 10.3. The number of rotatable bonds is 7. The van der Waals surface area contributed by atoms with E-state index in [1.807, 2.05) is 32.9 Å². The lowest BCUT2D eigenvalue weighted by atomic mass is 9.98. The molecule has 2 unspecified atom stereocenters. The Morgan fingerprint density at radius 1 is 1.21 bits per heavy atom. The number of hydrogen-bond acceptors (Lipinski definition) is 3. The predicted molar refractivity (Wildman–Crippen MR) is 79.2 cm³/mol. The lowest BCUT2D eigenvalue weighted by molar-refractivity contribution is 0.0991. The Morgan fingerprint density at radius 2 is 1.79 bits per heavy atom. The van der Waals surface area contributed by atoms with Gasteiger partial charge in [-0.05, 0) is 38.3 Å². The first kappa shape index (κ1) is 16.2. The number of aryl methyl sites for hydroxylation is 1. The van der Waals surface area contributed by atoms with E-state index in [9.17, 15) is 10.2 Å². The van der Waals surface area contributed by atoms with Crippen LogP contribution in [0.25, 0.3) is 0 Å². The molecule has 1 rings (SSSR count). The number of aliphatic hydroxyl groups excluding tert-OH is 2. The third kappa shape index (κ3) is 4.94. The van der Waals surface area contributed by atoms with E-state index >= 15 is 0 Å². The molecule has 0 saturated carbocycles. The van der Waals surface area contributed by atoms with Gasteiger partial charge in [0, 0.05) is 11.6 Å². The standard InChI is InChI=1S/C16H27NO2/c1-5-6-13-7-9-14(10-8-13)15(19)12(2)17-16(3,4)11-18/h7-10,12,15,17-19H,5-6,11H2,1-4H3. The molecular formula is C16H27NO2. The first-order valence-corrected chi connectivity index (χ1v) is 7.05. The van der Waals surface area contributed by atoms with Crippen LogP contribution in [-0.2, 0) is 6.42 Å². The molecule has 0 amide bonds. The van der Waals surface area contributed by atoms with E-state index in [-0.39, 0.29) is 18.2 Å². The molecule has 0 aliphatic carbocycles. The zero-order chi connectivity index (χ0) is 14.5. The molecule has 1 aromatic rings. The van der Waals surface area contributed by atoms with Crippen LogP contribution in [0, 0.1) is 0 Å². The summed E-state index contributed by atoms with van der Waals surface area (Å²) in [6.45, 7) is 7.97. The molecule has 19 heavy (non-hydrogen) atoms. The predicted octanol–water partition coefficient (Wildman–Crippen LogP) is 2.42. The monoisotopic (exact) mass is 265 g/mol. The second kappa shape index (κ2) is 7.04. The van der Waals surface area contributed by atoms with Crippen molar-refractivity contribution in [2.24, 2.45) is 0 Å². The van der Waals surface area contributed by atoms with Crippen LogP contribution in [-0.4, -0.2) is 28.4 Å². The molecule has 0 heterocycles. The van der Waals surface area contributed by atoms with Crippen molar-refractivity contribution < 1.29 is 10.2 Å². The minimum atomic E-state index is -0.568. The molecule has 3 heteroatoms. The summed E-state index contributed by atoms with van der Waals surface area (Å²) in [4.78, 5) is 0. The average molecular weight is 265 g/mol. The van der Waals surface area contributed by atoms with Crippen LogP contribution in [0.2, 0.25) is 0 Å². The highest BCUT2D eigenvalue weighted by Crippen LogP contribution is 2.19. The molecule has 0 spiro atoms. The Bertz CT molecular complexity index is 373. The van der Waals surface area contributed by atoms with E-state index < -0.39 is 6.10 Å². The van der Waals surface area contributed by atoms with E-state index in [2.05, 4.69) is 24.4 Å². The normalized spacial score (nSPS) is 15.3. The Morgan fingerprint density at radius 3 is 2.26 bits per heavy atom. The summed E-state index contributed by atoms with van der Waals surface area (Å²) in [6.07, 6.45) is 1.63. The van der Waals surface area contributed by atoms with Crippen molar-refractivity contribution in [3.05, 3.63) is 35.4 Å². The molecule has 0 saturated heterocycles. The molecule has 3 N–H and O–H groups in total. The van der Waals surface area contributed by atoms with Crippen LogP contribution in [0.15, 0.2) is 24.3 Å². The van der Waals surface area contributed by atoms with Gasteiger partial charge < -0.3 is 15.5 Å². The Kier molecular flexibility index (Phi) is 5.98. The van der Waals surface area contributed by atoms with Gasteiger partial charge >= 0.3 is 0 Å². The first-order chi connectivity index (χ1) is 8.89. The van der Waals surface area contributed by atoms with Gasteiger partial charge in [0.1, 0.15) is 0 Å². The Hall–Kier alpha value is -0.900. The second-order valence-electron chi connectivity index (χ2n) is 5.91. The van der Waals surface area contributed by atoms with E-state index in [0.717, 1.165) is 18.4 Å². The van der Waals surface area contributed by atoms with Gasteiger partial charge in [-0.1, -0.05) is 37.6 Å². The van der Waals surface area contributed by atoms with Crippen LogP contribution in [0.3, 0.4) is 0 Å². The topological polar surface area (TPSA) is 52.5 Å². The lowest BCUT2D eigenvalue weighted by Crippen LogP contribution is -2.49. The first-order valence-electron chi connectivity index (χ1n) is 7.05. The smallest absolute Gasteiger partial charge is 0.0940 e. The summed E-state index contributed by atoms with van der Waals surface area (Å²) in [6, 6.07) is 8.01. The molecule has 2 atom stereocenters. The molecule has 0 bridgehead atoms. The number of hydrogen-bond donors (Lipinski definition) is 3. The number of aliphatic hydroxyl groups is 2. The van der Waals surface area contributed by atoms with Gasteiger partial charge in [0.2, 0.25) is 0 Å². The Balaban J connectivity index is 2.68. The number of benzene rings is 1. The fourth-order valence-corrected chi connectivity index (χ4v) is 2.20. The minimum absolute atomic E-state index is 0.0412. The molecule has 0 aromatic heterocycles. The van der Waals surface area contributed by atoms with E-state index in [1.165, 1.54) is 5.56 Å². The van der Waals surface area contributed by atoms with Gasteiger partial charge in [0.25, 0.3) is 0 Å².